The molecule has 0 radical (unpaired) electrons. The van der Waals surface area contributed by atoms with Gasteiger partial charge < -0.3 is 10.3 Å². The van der Waals surface area contributed by atoms with Gasteiger partial charge in [-0.2, -0.15) is 0 Å². The first-order valence-corrected chi connectivity index (χ1v) is 7.33. The van der Waals surface area contributed by atoms with E-state index in [1.807, 2.05) is 18.6 Å². The number of aryl methyl sites for hydroxylation is 1. The summed E-state index contributed by atoms with van der Waals surface area (Å²) in [5.74, 6) is 0. The van der Waals surface area contributed by atoms with E-state index < -0.39 is 0 Å². The number of aromatic nitrogens is 2. The fourth-order valence-corrected chi connectivity index (χ4v) is 3.20. The van der Waals surface area contributed by atoms with E-state index in [0.29, 0.717) is 6.04 Å². The van der Waals surface area contributed by atoms with Crippen LogP contribution in [0.15, 0.2) is 30.7 Å². The minimum Gasteiger partial charge on any atom is -0.399 e. The molecule has 1 atom stereocenters. The highest BCUT2D eigenvalue weighted by Gasteiger charge is 2.26. The maximum atomic E-state index is 5.89. The van der Waals surface area contributed by atoms with Crippen molar-refractivity contribution >= 4 is 5.69 Å². The molecule has 0 saturated carbocycles. The van der Waals surface area contributed by atoms with E-state index in [1.165, 1.54) is 16.8 Å². The van der Waals surface area contributed by atoms with Gasteiger partial charge in [0.25, 0.3) is 0 Å². The van der Waals surface area contributed by atoms with Crippen LogP contribution in [0.5, 0.6) is 0 Å². The third kappa shape index (κ3) is 2.45. The average molecular weight is 269 g/mol. The zero-order chi connectivity index (χ0) is 14.3. The summed E-state index contributed by atoms with van der Waals surface area (Å²) >= 11 is 0. The van der Waals surface area contributed by atoms with E-state index in [0.717, 1.165) is 24.9 Å². The van der Waals surface area contributed by atoms with Crippen molar-refractivity contribution in [3.8, 4) is 0 Å². The molecule has 0 amide bonds. The van der Waals surface area contributed by atoms with Crippen molar-refractivity contribution in [1.29, 1.82) is 0 Å². The molecule has 1 heterocycles. The van der Waals surface area contributed by atoms with Crippen LogP contribution in [0.3, 0.4) is 0 Å². The molecular weight excluding hydrogens is 246 g/mol. The van der Waals surface area contributed by atoms with Gasteiger partial charge in [0.15, 0.2) is 0 Å². The highest BCUT2D eigenvalue weighted by molar-refractivity contribution is 5.48. The Morgan fingerprint density at radius 1 is 1.35 bits per heavy atom. The molecule has 1 aliphatic carbocycles. The molecule has 1 unspecified atom stereocenters. The number of hydrogen-bond donors (Lipinski definition) is 1. The molecule has 1 aromatic heterocycles. The van der Waals surface area contributed by atoms with Crippen molar-refractivity contribution in [3.63, 3.8) is 0 Å². The molecule has 3 nitrogen and oxygen atoms in total. The second kappa shape index (κ2) is 4.65. The van der Waals surface area contributed by atoms with E-state index in [2.05, 4.69) is 42.5 Å². The number of anilines is 1. The van der Waals surface area contributed by atoms with Gasteiger partial charge >= 0.3 is 0 Å². The Labute approximate surface area is 120 Å². The molecule has 0 bridgehead atoms. The third-order valence-corrected chi connectivity index (χ3v) is 4.01. The van der Waals surface area contributed by atoms with Crippen molar-refractivity contribution in [3.05, 3.63) is 47.5 Å². The zero-order valence-corrected chi connectivity index (χ0v) is 12.6. The van der Waals surface area contributed by atoms with Gasteiger partial charge in [0.1, 0.15) is 0 Å². The lowest BCUT2D eigenvalue weighted by Gasteiger charge is -2.22. The minimum absolute atomic E-state index is 0.278. The Kier molecular flexibility index (Phi) is 3.08. The fraction of sp³-hybridized carbons (Fsp3) is 0.471. The lowest BCUT2D eigenvalue weighted by molar-refractivity contribution is 0.392. The third-order valence-electron chi connectivity index (χ3n) is 4.01. The molecule has 2 aromatic rings. The molecule has 0 saturated heterocycles. The van der Waals surface area contributed by atoms with Gasteiger partial charge in [-0.1, -0.05) is 26.8 Å². The summed E-state index contributed by atoms with van der Waals surface area (Å²) in [6.07, 6.45) is 7.30. The van der Waals surface area contributed by atoms with Gasteiger partial charge in [-0.05, 0) is 47.9 Å². The minimum atomic E-state index is 0.278. The van der Waals surface area contributed by atoms with Crippen molar-refractivity contribution in [2.45, 2.75) is 46.1 Å². The number of nitrogen functional groups attached to an aromatic ring is 1. The maximum Gasteiger partial charge on any atom is 0.0953 e. The Morgan fingerprint density at radius 3 is 2.90 bits per heavy atom. The normalized spacial score (nSPS) is 18.2. The summed E-state index contributed by atoms with van der Waals surface area (Å²) in [5.41, 5.74) is 11.2. The van der Waals surface area contributed by atoms with Gasteiger partial charge in [-0.15, -0.1) is 0 Å². The van der Waals surface area contributed by atoms with Crippen LogP contribution in [-0.2, 0) is 12.8 Å². The van der Waals surface area contributed by atoms with Gasteiger partial charge in [0, 0.05) is 17.6 Å². The summed E-state index contributed by atoms with van der Waals surface area (Å²) in [4.78, 5) is 4.38. The topological polar surface area (TPSA) is 43.8 Å². The van der Waals surface area contributed by atoms with Crippen LogP contribution in [0.2, 0.25) is 0 Å². The number of hydrogen-bond acceptors (Lipinski definition) is 2. The number of nitrogens with zero attached hydrogens (tertiary/aromatic N) is 2. The molecular formula is C17H23N3. The van der Waals surface area contributed by atoms with Crippen molar-refractivity contribution in [2.24, 2.45) is 5.41 Å². The predicted octanol–water partition coefficient (Wildman–Crippen LogP) is 3.59. The van der Waals surface area contributed by atoms with Gasteiger partial charge in [-0.25, -0.2) is 4.98 Å². The van der Waals surface area contributed by atoms with Crippen LogP contribution in [0.25, 0.3) is 0 Å². The average Bonchev–Trinajstić information content (AvgIpc) is 2.92. The quantitative estimate of drug-likeness (QED) is 0.847. The predicted molar refractivity (Wildman–Crippen MR) is 82.7 cm³/mol. The first-order valence-electron chi connectivity index (χ1n) is 7.33. The maximum absolute atomic E-state index is 5.89. The van der Waals surface area contributed by atoms with Gasteiger partial charge in [-0.3, -0.25) is 0 Å². The van der Waals surface area contributed by atoms with Crippen LogP contribution >= 0.6 is 0 Å². The molecule has 20 heavy (non-hydrogen) atoms. The standard InChI is InChI=1S/C17H23N3/c1-17(2,3)9-14-10-19-11-20(14)16-7-4-12-8-13(18)5-6-15(12)16/h5-6,8,10-11,16H,4,7,9,18H2,1-3H3. The number of rotatable bonds is 2. The number of benzene rings is 1. The fourth-order valence-electron chi connectivity index (χ4n) is 3.20. The van der Waals surface area contributed by atoms with E-state index in [9.17, 15) is 0 Å². The molecule has 3 heteroatoms. The van der Waals surface area contributed by atoms with Gasteiger partial charge in [0.2, 0.25) is 0 Å². The Balaban J connectivity index is 1.95. The molecule has 1 aliphatic rings. The highest BCUT2D eigenvalue weighted by atomic mass is 15.1. The number of fused-ring (bicyclic) bond motifs is 1. The molecule has 0 aliphatic heterocycles. The van der Waals surface area contributed by atoms with Crippen LogP contribution in [0.1, 0.15) is 50.1 Å². The van der Waals surface area contributed by atoms with Crippen LogP contribution < -0.4 is 5.73 Å². The lowest BCUT2D eigenvalue weighted by atomic mass is 9.90. The van der Waals surface area contributed by atoms with Crippen LogP contribution in [-0.4, -0.2) is 9.55 Å². The number of imidazole rings is 1. The molecule has 0 spiro atoms. The number of nitrogens with two attached hydrogens (primary N) is 1. The summed E-state index contributed by atoms with van der Waals surface area (Å²) in [6.45, 7) is 6.81. The Morgan fingerprint density at radius 2 is 2.15 bits per heavy atom. The second-order valence-electron chi connectivity index (χ2n) is 7.04. The SMILES string of the molecule is CC(C)(C)Cc1cncn1C1CCc2cc(N)ccc21. The van der Waals surface area contributed by atoms with Crippen LogP contribution in [0, 0.1) is 5.41 Å². The lowest BCUT2D eigenvalue weighted by Crippen LogP contribution is -2.16. The van der Waals surface area contributed by atoms with Gasteiger partial charge in [0.05, 0.1) is 12.4 Å². The van der Waals surface area contributed by atoms with E-state index >= 15 is 0 Å². The molecule has 0 fully saturated rings. The van der Waals surface area contributed by atoms with Crippen molar-refractivity contribution in [2.75, 3.05) is 5.73 Å². The zero-order valence-electron chi connectivity index (χ0n) is 12.6. The first kappa shape index (κ1) is 13.2. The smallest absolute Gasteiger partial charge is 0.0953 e. The van der Waals surface area contributed by atoms with E-state index in [4.69, 9.17) is 5.73 Å². The largest absolute Gasteiger partial charge is 0.399 e. The first-order chi connectivity index (χ1) is 9.44. The summed E-state index contributed by atoms with van der Waals surface area (Å²) < 4.78 is 2.35. The Hall–Kier alpha value is -1.77. The molecule has 3 rings (SSSR count). The molecule has 2 N–H and O–H groups in total. The summed E-state index contributed by atoms with van der Waals surface area (Å²) in [6, 6.07) is 6.74. The highest BCUT2D eigenvalue weighted by Crippen LogP contribution is 2.36. The van der Waals surface area contributed by atoms with E-state index in [-0.39, 0.29) is 5.41 Å². The second-order valence-corrected chi connectivity index (χ2v) is 7.04. The van der Waals surface area contributed by atoms with Crippen LogP contribution in [0.4, 0.5) is 5.69 Å². The monoisotopic (exact) mass is 269 g/mol. The summed E-state index contributed by atoms with van der Waals surface area (Å²) in [7, 11) is 0. The molecule has 1 aromatic carbocycles. The Bertz CT molecular complexity index is 619. The molecule has 106 valence electrons. The van der Waals surface area contributed by atoms with Crippen molar-refractivity contribution in [1.82, 2.24) is 9.55 Å². The van der Waals surface area contributed by atoms with Crippen molar-refractivity contribution < 1.29 is 0 Å². The summed E-state index contributed by atoms with van der Waals surface area (Å²) in [5, 5.41) is 0. The van der Waals surface area contributed by atoms with E-state index in [1.54, 1.807) is 0 Å².